The highest BCUT2D eigenvalue weighted by molar-refractivity contribution is 7.80. The molecule has 0 unspecified atom stereocenters. The molecule has 1 aliphatic heterocycles. The van der Waals surface area contributed by atoms with Crippen LogP contribution in [0.15, 0.2) is 71.2 Å². The van der Waals surface area contributed by atoms with Crippen LogP contribution < -0.4 is 5.32 Å². The van der Waals surface area contributed by atoms with E-state index < -0.39 is 0 Å². The zero-order valence-corrected chi connectivity index (χ0v) is 13.1. The van der Waals surface area contributed by atoms with Gasteiger partial charge in [0.2, 0.25) is 11.0 Å². The minimum atomic E-state index is 0.393. The lowest BCUT2D eigenvalue weighted by Gasteiger charge is -2.07. The molecule has 0 aliphatic carbocycles. The minimum Gasteiger partial charge on any atom is -0.473 e. The van der Waals surface area contributed by atoms with Crippen LogP contribution in [0.3, 0.4) is 0 Å². The molecule has 2 aromatic carbocycles. The molecule has 1 heterocycles. The van der Waals surface area contributed by atoms with Gasteiger partial charge < -0.3 is 10.1 Å². The number of aliphatic imine (C=N–C) groups is 1. The maximum atomic E-state index is 5.69. The molecule has 3 rings (SSSR count). The van der Waals surface area contributed by atoms with E-state index in [1.807, 2.05) is 48.5 Å². The molecule has 0 bridgehead atoms. The van der Waals surface area contributed by atoms with Gasteiger partial charge in [0, 0.05) is 11.3 Å². The molecule has 0 amide bonds. The molecule has 1 N–H and O–H groups in total. The minimum absolute atomic E-state index is 0.393. The molecule has 0 radical (unpaired) electrons. The Balaban J connectivity index is 1.83. The number of hydrogen-bond acceptors (Lipinski definition) is 2. The maximum absolute atomic E-state index is 5.69. The average molecular weight is 308 g/mol. The Morgan fingerprint density at radius 1 is 1.05 bits per heavy atom. The van der Waals surface area contributed by atoms with E-state index >= 15 is 0 Å². The lowest BCUT2D eigenvalue weighted by molar-refractivity contribution is 0.359. The summed E-state index contributed by atoms with van der Waals surface area (Å²) in [5.41, 5.74) is 4.20. The monoisotopic (exact) mass is 308 g/mol. The van der Waals surface area contributed by atoms with Crippen LogP contribution >= 0.6 is 12.2 Å². The molecule has 110 valence electrons. The van der Waals surface area contributed by atoms with Gasteiger partial charge in [0.25, 0.3) is 0 Å². The number of hydrogen-bond donors (Lipinski definition) is 1. The zero-order valence-electron chi connectivity index (χ0n) is 12.2. The number of ether oxygens (including phenoxy) is 1. The Morgan fingerprint density at radius 2 is 1.68 bits per heavy atom. The highest BCUT2D eigenvalue weighted by atomic mass is 32.1. The Kier molecular flexibility index (Phi) is 4.30. The summed E-state index contributed by atoms with van der Waals surface area (Å²) < 4.78 is 5.69. The number of rotatable bonds is 2. The number of thiocarbonyl (C=S) groups is 1. The van der Waals surface area contributed by atoms with Gasteiger partial charge in [-0.05, 0) is 42.4 Å². The lowest BCUT2D eigenvalue weighted by atomic mass is 10.0. The van der Waals surface area contributed by atoms with E-state index in [1.165, 1.54) is 0 Å². The van der Waals surface area contributed by atoms with E-state index in [0.29, 0.717) is 17.6 Å². The van der Waals surface area contributed by atoms with Gasteiger partial charge >= 0.3 is 0 Å². The van der Waals surface area contributed by atoms with Crippen molar-refractivity contribution in [2.24, 2.45) is 4.99 Å². The molecular weight excluding hydrogens is 292 g/mol. The first-order valence-electron chi connectivity index (χ1n) is 7.07. The molecule has 0 spiro atoms. The summed E-state index contributed by atoms with van der Waals surface area (Å²) in [4.78, 5) is 4.44. The summed E-state index contributed by atoms with van der Waals surface area (Å²) in [6.07, 6.45) is 0. The van der Waals surface area contributed by atoms with Crippen molar-refractivity contribution < 1.29 is 4.74 Å². The fraction of sp³-hybridized carbons (Fsp3) is 0.111. The van der Waals surface area contributed by atoms with Gasteiger partial charge in [0.05, 0.1) is 0 Å². The largest absolute Gasteiger partial charge is 0.473 e. The van der Waals surface area contributed by atoms with Crippen molar-refractivity contribution in [3.8, 4) is 0 Å². The number of anilines is 1. The van der Waals surface area contributed by atoms with Gasteiger partial charge in [-0.3, -0.25) is 0 Å². The maximum Gasteiger partial charge on any atom is 0.224 e. The highest BCUT2D eigenvalue weighted by Crippen LogP contribution is 2.27. The van der Waals surface area contributed by atoms with Crippen molar-refractivity contribution >= 4 is 34.5 Å². The van der Waals surface area contributed by atoms with Crippen LogP contribution in [0.4, 0.5) is 5.69 Å². The van der Waals surface area contributed by atoms with Crippen LogP contribution in [0, 0.1) is 0 Å². The molecule has 3 nitrogen and oxygen atoms in total. The Hall–Kier alpha value is -2.46. The molecule has 0 atom stereocenters. The van der Waals surface area contributed by atoms with E-state index in [2.05, 4.69) is 29.4 Å². The SMILES string of the molecule is CC1=C(c2ccccc2)C(=NC(=S)Nc2ccccc2)OC1. The van der Waals surface area contributed by atoms with Gasteiger partial charge in [-0.25, -0.2) is 0 Å². The van der Waals surface area contributed by atoms with Crippen molar-refractivity contribution in [3.05, 3.63) is 71.8 Å². The zero-order chi connectivity index (χ0) is 15.4. The molecule has 2 aromatic rings. The Labute approximate surface area is 135 Å². The van der Waals surface area contributed by atoms with Crippen LogP contribution in [0.2, 0.25) is 0 Å². The third kappa shape index (κ3) is 3.23. The normalized spacial score (nSPS) is 15.8. The first-order chi connectivity index (χ1) is 10.7. The van der Waals surface area contributed by atoms with Gasteiger partial charge in [0.15, 0.2) is 0 Å². The van der Waals surface area contributed by atoms with Crippen molar-refractivity contribution in [2.75, 3.05) is 11.9 Å². The quantitative estimate of drug-likeness (QED) is 0.840. The molecular formula is C18H16N2OS. The van der Waals surface area contributed by atoms with Crippen LogP contribution in [-0.2, 0) is 4.74 Å². The van der Waals surface area contributed by atoms with Crippen LogP contribution in [-0.4, -0.2) is 17.6 Å². The van der Waals surface area contributed by atoms with Gasteiger partial charge in [-0.1, -0.05) is 48.5 Å². The van der Waals surface area contributed by atoms with E-state index in [9.17, 15) is 0 Å². The first-order valence-corrected chi connectivity index (χ1v) is 7.48. The van der Waals surface area contributed by atoms with Crippen molar-refractivity contribution in [2.45, 2.75) is 6.92 Å². The van der Waals surface area contributed by atoms with Crippen molar-refractivity contribution in [3.63, 3.8) is 0 Å². The average Bonchev–Trinajstić information content (AvgIpc) is 2.89. The highest BCUT2D eigenvalue weighted by Gasteiger charge is 2.22. The third-order valence-corrected chi connectivity index (χ3v) is 3.55. The second-order valence-corrected chi connectivity index (χ2v) is 5.41. The summed E-state index contributed by atoms with van der Waals surface area (Å²) in [6, 6.07) is 19.9. The van der Waals surface area contributed by atoms with E-state index in [0.717, 1.165) is 22.4 Å². The van der Waals surface area contributed by atoms with Gasteiger partial charge in [-0.15, -0.1) is 0 Å². The van der Waals surface area contributed by atoms with Gasteiger partial charge in [0.1, 0.15) is 6.61 Å². The standard InChI is InChI=1S/C18H16N2OS/c1-13-12-21-17(16(13)14-8-4-2-5-9-14)20-18(22)19-15-10-6-3-7-11-15/h2-11H,12H2,1H3,(H,19,22). The molecule has 4 heteroatoms. The first kappa shape index (κ1) is 14.5. The molecule has 22 heavy (non-hydrogen) atoms. The fourth-order valence-electron chi connectivity index (χ4n) is 2.33. The predicted octanol–water partition coefficient (Wildman–Crippen LogP) is 4.29. The summed E-state index contributed by atoms with van der Waals surface area (Å²) in [7, 11) is 0. The van der Waals surface area contributed by atoms with E-state index in [4.69, 9.17) is 17.0 Å². The molecule has 1 aliphatic rings. The van der Waals surface area contributed by atoms with Gasteiger partial charge in [-0.2, -0.15) is 4.99 Å². The van der Waals surface area contributed by atoms with Crippen molar-refractivity contribution in [1.29, 1.82) is 0 Å². The van der Waals surface area contributed by atoms with E-state index in [-0.39, 0.29) is 0 Å². The second-order valence-electron chi connectivity index (χ2n) is 5.02. The van der Waals surface area contributed by atoms with E-state index in [1.54, 1.807) is 0 Å². The fourth-order valence-corrected chi connectivity index (χ4v) is 2.53. The molecule has 0 saturated carbocycles. The molecule has 0 aromatic heterocycles. The number of benzene rings is 2. The topological polar surface area (TPSA) is 33.6 Å². The summed E-state index contributed by atoms with van der Waals surface area (Å²) >= 11 is 5.31. The number of nitrogens with one attached hydrogen (secondary N) is 1. The summed E-state index contributed by atoms with van der Waals surface area (Å²) in [6.45, 7) is 2.61. The second kappa shape index (κ2) is 6.54. The third-order valence-electron chi connectivity index (χ3n) is 3.36. The predicted molar refractivity (Wildman–Crippen MR) is 95.1 cm³/mol. The number of para-hydroxylation sites is 1. The smallest absolute Gasteiger partial charge is 0.224 e. The molecule has 0 fully saturated rings. The van der Waals surface area contributed by atoms with Crippen LogP contribution in [0.1, 0.15) is 12.5 Å². The van der Waals surface area contributed by atoms with Crippen LogP contribution in [0.25, 0.3) is 5.57 Å². The number of nitrogens with zero attached hydrogens (tertiary/aromatic N) is 1. The van der Waals surface area contributed by atoms with Crippen LogP contribution in [0.5, 0.6) is 0 Å². The molecule has 0 saturated heterocycles. The Morgan fingerprint density at radius 3 is 2.36 bits per heavy atom. The lowest BCUT2D eigenvalue weighted by Crippen LogP contribution is -2.11. The summed E-state index contributed by atoms with van der Waals surface area (Å²) in [5, 5.41) is 3.49. The van der Waals surface area contributed by atoms with Crippen molar-refractivity contribution in [1.82, 2.24) is 0 Å². The summed E-state index contributed by atoms with van der Waals surface area (Å²) in [5.74, 6) is 0.581. The Bertz CT molecular complexity index is 736.